The zero-order valence-corrected chi connectivity index (χ0v) is 20.4. The summed E-state index contributed by atoms with van der Waals surface area (Å²) in [4.78, 5) is 31.1. The predicted octanol–water partition coefficient (Wildman–Crippen LogP) is 4.28. The molecule has 4 N–H and O–H groups in total. The van der Waals surface area contributed by atoms with Crippen LogP contribution >= 0.6 is 0 Å². The highest BCUT2D eigenvalue weighted by molar-refractivity contribution is 5.96. The Hall–Kier alpha value is -4.43. The molecule has 8 heteroatoms. The zero-order chi connectivity index (χ0) is 25.7. The van der Waals surface area contributed by atoms with Gasteiger partial charge in [-0.3, -0.25) is 9.59 Å². The van der Waals surface area contributed by atoms with Crippen molar-refractivity contribution < 1.29 is 19.1 Å². The molecule has 4 rings (SSSR count). The van der Waals surface area contributed by atoms with Gasteiger partial charge in [0.2, 0.25) is 5.91 Å². The number of rotatable bonds is 10. The van der Waals surface area contributed by atoms with Crippen molar-refractivity contribution in [1.82, 2.24) is 15.3 Å². The maximum Gasteiger partial charge on any atom is 0.248 e. The maximum absolute atomic E-state index is 11.9. The summed E-state index contributed by atoms with van der Waals surface area (Å²) in [5.41, 5.74) is 10.7. The van der Waals surface area contributed by atoms with Crippen molar-refractivity contribution >= 4 is 29.3 Å². The smallest absolute Gasteiger partial charge is 0.248 e. The van der Waals surface area contributed by atoms with Gasteiger partial charge in [-0.05, 0) is 54.5 Å². The molecule has 0 saturated carbocycles. The molecule has 4 aromatic rings. The fourth-order valence-corrected chi connectivity index (χ4v) is 3.99. The Balaban J connectivity index is 1.56. The van der Waals surface area contributed by atoms with Gasteiger partial charge in [-0.2, -0.15) is 0 Å². The highest BCUT2D eigenvalue weighted by Gasteiger charge is 2.12. The predicted molar refractivity (Wildman–Crippen MR) is 140 cm³/mol. The Morgan fingerprint density at radius 2 is 1.92 bits per heavy atom. The van der Waals surface area contributed by atoms with Gasteiger partial charge in [-0.15, -0.1) is 0 Å². The largest absolute Gasteiger partial charge is 0.493 e. The van der Waals surface area contributed by atoms with Crippen molar-refractivity contribution in [2.75, 3.05) is 20.8 Å². The van der Waals surface area contributed by atoms with Gasteiger partial charge in [0.05, 0.1) is 14.2 Å². The second-order valence-corrected chi connectivity index (χ2v) is 8.36. The van der Waals surface area contributed by atoms with Gasteiger partial charge in [0.15, 0.2) is 11.5 Å². The summed E-state index contributed by atoms with van der Waals surface area (Å²) in [6.07, 6.45) is 6.24. The van der Waals surface area contributed by atoms with Gasteiger partial charge in [-0.1, -0.05) is 18.2 Å². The molecular weight excluding hydrogens is 456 g/mol. The molecule has 0 fully saturated rings. The second kappa shape index (κ2) is 10.9. The molecule has 1 amide bonds. The molecule has 0 aliphatic rings. The molecule has 36 heavy (non-hydrogen) atoms. The van der Waals surface area contributed by atoms with E-state index in [1.54, 1.807) is 38.6 Å². The Bertz CT molecular complexity index is 1440. The Morgan fingerprint density at radius 3 is 2.64 bits per heavy atom. The number of carbonyl (C=O) groups is 2. The summed E-state index contributed by atoms with van der Waals surface area (Å²) >= 11 is 0. The molecule has 1 atom stereocenters. The summed E-state index contributed by atoms with van der Waals surface area (Å²) in [5.74, 6) is 0.829. The van der Waals surface area contributed by atoms with Crippen LogP contribution in [0.3, 0.4) is 0 Å². The average molecular weight is 485 g/mol. The second-order valence-electron chi connectivity index (χ2n) is 8.36. The van der Waals surface area contributed by atoms with Gasteiger partial charge < -0.3 is 25.5 Å². The van der Waals surface area contributed by atoms with Crippen molar-refractivity contribution in [3.63, 3.8) is 0 Å². The number of H-pyrrole nitrogens is 1. The lowest BCUT2D eigenvalue weighted by Crippen LogP contribution is -2.21. The minimum Gasteiger partial charge on any atom is -0.493 e. The van der Waals surface area contributed by atoms with Crippen molar-refractivity contribution in [2.24, 2.45) is 5.73 Å². The van der Waals surface area contributed by atoms with Crippen LogP contribution < -0.4 is 20.5 Å². The van der Waals surface area contributed by atoms with E-state index in [9.17, 15) is 9.59 Å². The lowest BCUT2D eigenvalue weighted by molar-refractivity contribution is -0.104. The molecule has 0 spiro atoms. The highest BCUT2D eigenvalue weighted by Crippen LogP contribution is 2.30. The van der Waals surface area contributed by atoms with Crippen molar-refractivity contribution in [2.45, 2.75) is 13.0 Å². The average Bonchev–Trinajstić information content (AvgIpc) is 3.32. The van der Waals surface area contributed by atoms with Crippen LogP contribution in [-0.2, 0) is 4.79 Å². The van der Waals surface area contributed by atoms with Crippen LogP contribution in [0.15, 0.2) is 66.5 Å². The number of pyridine rings is 1. The van der Waals surface area contributed by atoms with E-state index < -0.39 is 5.91 Å². The van der Waals surface area contributed by atoms with Crippen LogP contribution in [0.2, 0.25) is 0 Å². The number of primary amides is 1. The number of hydrogen-bond acceptors (Lipinski definition) is 6. The number of nitrogens with two attached hydrogens (primary N) is 1. The van der Waals surface area contributed by atoms with Gasteiger partial charge in [0, 0.05) is 52.6 Å². The van der Waals surface area contributed by atoms with Crippen LogP contribution in [0, 0.1) is 0 Å². The zero-order valence-electron chi connectivity index (χ0n) is 20.4. The number of methoxy groups -OCH3 is 2. The van der Waals surface area contributed by atoms with Crippen molar-refractivity contribution in [3.05, 3.63) is 83.2 Å². The van der Waals surface area contributed by atoms with E-state index in [2.05, 4.69) is 15.3 Å². The first-order valence-corrected chi connectivity index (χ1v) is 11.4. The number of hydrogen-bond donors (Lipinski definition) is 3. The number of carbonyl (C=O) groups excluding carboxylic acids is 2. The quantitative estimate of drug-likeness (QED) is 0.228. The molecule has 2 aromatic carbocycles. The summed E-state index contributed by atoms with van der Waals surface area (Å²) < 4.78 is 10.7. The van der Waals surface area contributed by atoms with Gasteiger partial charge in [0.1, 0.15) is 11.9 Å². The molecule has 0 radical (unpaired) electrons. The number of aromatic amines is 1. The number of aldehydes is 1. The van der Waals surface area contributed by atoms with E-state index in [-0.39, 0.29) is 6.04 Å². The van der Waals surface area contributed by atoms with Crippen LogP contribution in [-0.4, -0.2) is 42.9 Å². The first-order valence-electron chi connectivity index (χ1n) is 11.4. The number of nitrogens with zero attached hydrogens (tertiary/aromatic N) is 1. The molecule has 2 aromatic heterocycles. The highest BCUT2D eigenvalue weighted by atomic mass is 16.5. The Morgan fingerprint density at radius 1 is 1.11 bits per heavy atom. The minimum atomic E-state index is -0.485. The third kappa shape index (κ3) is 5.29. The van der Waals surface area contributed by atoms with Gasteiger partial charge in [-0.25, -0.2) is 4.98 Å². The van der Waals surface area contributed by atoms with Crippen molar-refractivity contribution in [1.29, 1.82) is 0 Å². The number of nitrogens with one attached hydrogen (secondary N) is 2. The maximum atomic E-state index is 11.9. The summed E-state index contributed by atoms with van der Waals surface area (Å²) in [6, 6.07) is 14.8. The van der Waals surface area contributed by atoms with E-state index in [0.29, 0.717) is 34.8 Å². The van der Waals surface area contributed by atoms with Crippen LogP contribution in [0.1, 0.15) is 34.5 Å². The summed E-state index contributed by atoms with van der Waals surface area (Å²) in [7, 11) is 3.20. The van der Waals surface area contributed by atoms with E-state index >= 15 is 0 Å². The number of amides is 1. The topological polar surface area (TPSA) is 119 Å². The molecule has 184 valence electrons. The van der Waals surface area contributed by atoms with Crippen LogP contribution in [0.25, 0.3) is 28.2 Å². The van der Waals surface area contributed by atoms with E-state index in [1.165, 1.54) is 0 Å². The third-order valence-corrected chi connectivity index (χ3v) is 6.06. The summed E-state index contributed by atoms with van der Waals surface area (Å²) in [5, 5.41) is 4.25. The Labute approximate surface area is 209 Å². The van der Waals surface area contributed by atoms with Gasteiger partial charge in [0.25, 0.3) is 0 Å². The molecule has 0 aliphatic heterocycles. The fraction of sp³-hybridized carbons (Fsp3) is 0.179. The molecule has 0 unspecified atom stereocenters. The van der Waals surface area contributed by atoms with Crippen LogP contribution in [0.4, 0.5) is 0 Å². The third-order valence-electron chi connectivity index (χ3n) is 6.06. The number of fused-ring (bicyclic) bond motifs is 1. The minimum absolute atomic E-state index is 0.0260. The molecular formula is C28H28N4O4. The Kier molecular flexibility index (Phi) is 7.46. The first-order chi connectivity index (χ1) is 17.4. The van der Waals surface area contributed by atoms with Crippen molar-refractivity contribution in [3.8, 4) is 22.6 Å². The van der Waals surface area contributed by atoms with E-state index in [4.69, 9.17) is 15.2 Å². The monoisotopic (exact) mass is 484 g/mol. The molecule has 0 saturated heterocycles. The SMILES string of the molecule is COc1ccc([C@@H](C)NC/C(C=O)=C/c2c[nH]c3ncc(-c4cccc(C(N)=O)c4)cc23)cc1OC. The van der Waals surface area contributed by atoms with Gasteiger partial charge >= 0.3 is 0 Å². The standard InChI is InChI=1S/C28H28N4O4/c1-17(19-7-8-25(35-2)26(12-19)36-3)30-13-18(16-33)9-23-15-32-28-24(23)11-22(14-31-28)20-5-4-6-21(10-20)27(29)34/h4-12,14-17,30H,13H2,1-3H3,(H2,29,34)(H,31,32)/b18-9-/t17-/m1/s1. The lowest BCUT2D eigenvalue weighted by atomic mass is 10.0. The number of aromatic nitrogens is 2. The number of benzene rings is 2. The molecule has 8 nitrogen and oxygen atoms in total. The summed E-state index contributed by atoms with van der Waals surface area (Å²) in [6.45, 7) is 2.39. The van der Waals surface area contributed by atoms with E-state index in [1.807, 2.05) is 49.5 Å². The fourth-order valence-electron chi connectivity index (χ4n) is 3.99. The van der Waals surface area contributed by atoms with Crippen LogP contribution in [0.5, 0.6) is 11.5 Å². The molecule has 2 heterocycles. The molecule has 0 bridgehead atoms. The first kappa shape index (κ1) is 24.7. The normalized spacial score (nSPS) is 12.4. The lowest BCUT2D eigenvalue weighted by Gasteiger charge is -2.16. The van der Waals surface area contributed by atoms with E-state index in [0.717, 1.165) is 33.9 Å². The molecule has 0 aliphatic carbocycles. The number of ether oxygens (including phenoxy) is 2.